The Morgan fingerprint density at radius 2 is 1.91 bits per heavy atom. The van der Waals surface area contributed by atoms with Gasteiger partial charge < -0.3 is 14.2 Å². The second kappa shape index (κ2) is 9.23. The number of benzene rings is 1. The number of aryl methyl sites for hydroxylation is 1. The highest BCUT2D eigenvalue weighted by atomic mass is 79.9. The van der Waals surface area contributed by atoms with Gasteiger partial charge in [-0.15, -0.1) is 0 Å². The number of ether oxygens (including phenoxy) is 3. The fourth-order valence-corrected chi connectivity index (χ4v) is 3.92. The Morgan fingerprint density at radius 3 is 2.57 bits per heavy atom. The largest absolute Gasteiger partial charge is 0.488 e. The highest BCUT2D eigenvalue weighted by Crippen LogP contribution is 2.34. The third-order valence-electron chi connectivity index (χ3n) is 3.66. The van der Waals surface area contributed by atoms with Gasteiger partial charge in [-0.1, -0.05) is 11.6 Å². The molecule has 1 heterocycles. The number of hydrogen-bond donors (Lipinski definition) is 0. The van der Waals surface area contributed by atoms with Crippen LogP contribution in [0.2, 0.25) is 5.02 Å². The van der Waals surface area contributed by atoms with Crippen molar-refractivity contribution in [2.45, 2.75) is 33.0 Å². The predicted octanol–water partition coefficient (Wildman–Crippen LogP) is 3.92. The Morgan fingerprint density at radius 1 is 1.22 bits per heavy atom. The smallest absolute Gasteiger partial charge is 0.152 e. The van der Waals surface area contributed by atoms with Crippen LogP contribution in [0.15, 0.2) is 16.6 Å². The molecule has 1 aromatic carbocycles. The fraction of sp³-hybridized carbons (Fsp3) is 0.647. The first-order chi connectivity index (χ1) is 11.0. The number of nitrogens with zero attached hydrogens (tertiary/aromatic N) is 1. The number of rotatable bonds is 7. The van der Waals surface area contributed by atoms with Gasteiger partial charge in [0, 0.05) is 19.6 Å². The van der Waals surface area contributed by atoms with Gasteiger partial charge in [0.25, 0.3) is 0 Å². The highest BCUT2D eigenvalue weighted by molar-refractivity contribution is 9.10. The topological polar surface area (TPSA) is 30.9 Å². The van der Waals surface area contributed by atoms with Crippen LogP contribution in [0, 0.1) is 6.92 Å². The minimum Gasteiger partial charge on any atom is -0.488 e. The zero-order chi connectivity index (χ0) is 16.8. The Kier molecular flexibility index (Phi) is 7.63. The molecule has 0 saturated carbocycles. The van der Waals surface area contributed by atoms with E-state index >= 15 is 0 Å². The van der Waals surface area contributed by atoms with E-state index in [-0.39, 0.29) is 0 Å². The third-order valence-corrected chi connectivity index (χ3v) is 4.53. The maximum absolute atomic E-state index is 6.19. The molecule has 130 valence electrons. The van der Waals surface area contributed by atoms with Crippen LogP contribution in [0.3, 0.4) is 0 Å². The number of halogens is 2. The SMILES string of the molecule is Cc1cc(Cl)c(OCCOCCN2C[C@@H](C)O[C@@H](C)C2)c(Br)c1. The summed E-state index contributed by atoms with van der Waals surface area (Å²) in [6.45, 7) is 10.8. The molecule has 0 N–H and O–H groups in total. The van der Waals surface area contributed by atoms with E-state index in [1.54, 1.807) is 0 Å². The zero-order valence-electron chi connectivity index (χ0n) is 14.0. The Bertz CT molecular complexity index is 482. The first-order valence-corrected chi connectivity index (χ1v) is 9.17. The maximum Gasteiger partial charge on any atom is 0.152 e. The molecule has 0 aliphatic carbocycles. The first kappa shape index (κ1) is 19.0. The quantitative estimate of drug-likeness (QED) is 0.642. The molecule has 6 heteroatoms. The average Bonchev–Trinajstić information content (AvgIpc) is 2.43. The monoisotopic (exact) mass is 405 g/mol. The molecule has 0 radical (unpaired) electrons. The molecule has 1 aliphatic rings. The summed E-state index contributed by atoms with van der Waals surface area (Å²) in [5, 5.41) is 0.619. The van der Waals surface area contributed by atoms with E-state index in [9.17, 15) is 0 Å². The molecule has 2 atom stereocenters. The molecule has 4 nitrogen and oxygen atoms in total. The number of morpholine rings is 1. The van der Waals surface area contributed by atoms with Gasteiger partial charge in [0.2, 0.25) is 0 Å². The second-order valence-electron chi connectivity index (χ2n) is 6.04. The Labute approximate surface area is 152 Å². The van der Waals surface area contributed by atoms with E-state index < -0.39 is 0 Å². The molecular formula is C17H25BrClNO3. The van der Waals surface area contributed by atoms with Crippen molar-refractivity contribution in [3.05, 3.63) is 27.2 Å². The minimum atomic E-state index is 0.295. The van der Waals surface area contributed by atoms with E-state index in [2.05, 4.69) is 34.7 Å². The Hall–Kier alpha value is -0.330. The maximum atomic E-state index is 6.19. The molecule has 1 aliphatic heterocycles. The molecule has 2 rings (SSSR count). The van der Waals surface area contributed by atoms with Crippen molar-refractivity contribution in [1.82, 2.24) is 4.90 Å². The van der Waals surface area contributed by atoms with E-state index in [1.807, 2.05) is 19.1 Å². The third kappa shape index (κ3) is 6.24. The van der Waals surface area contributed by atoms with E-state index in [0.29, 0.717) is 42.8 Å². The van der Waals surface area contributed by atoms with Crippen molar-refractivity contribution >= 4 is 27.5 Å². The molecule has 0 spiro atoms. The lowest BCUT2D eigenvalue weighted by Gasteiger charge is -2.35. The average molecular weight is 407 g/mol. The summed E-state index contributed by atoms with van der Waals surface area (Å²) in [6, 6.07) is 3.88. The van der Waals surface area contributed by atoms with Crippen LogP contribution in [0.5, 0.6) is 5.75 Å². The van der Waals surface area contributed by atoms with Gasteiger partial charge in [-0.05, 0) is 54.4 Å². The highest BCUT2D eigenvalue weighted by Gasteiger charge is 2.21. The molecule has 1 saturated heterocycles. The lowest BCUT2D eigenvalue weighted by Crippen LogP contribution is -2.46. The summed E-state index contributed by atoms with van der Waals surface area (Å²) in [4.78, 5) is 2.38. The van der Waals surface area contributed by atoms with Crippen molar-refractivity contribution in [3.8, 4) is 5.75 Å². The Balaban J connectivity index is 1.63. The van der Waals surface area contributed by atoms with Crippen molar-refractivity contribution in [3.63, 3.8) is 0 Å². The van der Waals surface area contributed by atoms with Gasteiger partial charge in [0.1, 0.15) is 6.61 Å². The standard InChI is InChI=1S/C17H25BrClNO3/c1-12-8-15(18)17(16(19)9-12)22-7-6-21-5-4-20-10-13(2)23-14(3)11-20/h8-9,13-14H,4-7,10-11H2,1-3H3/t13-,14+. The second-order valence-corrected chi connectivity index (χ2v) is 7.30. The van der Waals surface area contributed by atoms with Crippen LogP contribution in [0.4, 0.5) is 0 Å². The van der Waals surface area contributed by atoms with E-state index in [1.165, 1.54) is 0 Å². The van der Waals surface area contributed by atoms with Gasteiger partial charge >= 0.3 is 0 Å². The lowest BCUT2D eigenvalue weighted by atomic mass is 10.2. The van der Waals surface area contributed by atoms with Crippen molar-refractivity contribution in [1.29, 1.82) is 0 Å². The van der Waals surface area contributed by atoms with Gasteiger partial charge in [0.05, 0.1) is 34.9 Å². The summed E-state index contributed by atoms with van der Waals surface area (Å²) in [7, 11) is 0. The van der Waals surface area contributed by atoms with E-state index in [0.717, 1.165) is 29.7 Å². The molecule has 0 unspecified atom stereocenters. The summed E-state index contributed by atoms with van der Waals surface area (Å²) in [6.07, 6.45) is 0.589. The van der Waals surface area contributed by atoms with E-state index in [4.69, 9.17) is 25.8 Å². The molecule has 23 heavy (non-hydrogen) atoms. The van der Waals surface area contributed by atoms with Crippen LogP contribution in [-0.2, 0) is 9.47 Å². The summed E-state index contributed by atoms with van der Waals surface area (Å²) in [5.41, 5.74) is 1.10. The zero-order valence-corrected chi connectivity index (χ0v) is 16.3. The molecule has 0 bridgehead atoms. The van der Waals surface area contributed by atoms with Crippen LogP contribution < -0.4 is 4.74 Å². The summed E-state index contributed by atoms with van der Waals surface area (Å²) in [5.74, 6) is 0.677. The lowest BCUT2D eigenvalue weighted by molar-refractivity contribution is -0.0734. The van der Waals surface area contributed by atoms with Gasteiger partial charge in [-0.25, -0.2) is 0 Å². The van der Waals surface area contributed by atoms with Crippen LogP contribution in [0.25, 0.3) is 0 Å². The van der Waals surface area contributed by atoms with Crippen molar-refractivity contribution < 1.29 is 14.2 Å². The molecule has 1 fully saturated rings. The summed E-state index contributed by atoms with van der Waals surface area (Å²) >= 11 is 9.66. The predicted molar refractivity (Wildman–Crippen MR) is 96.7 cm³/mol. The van der Waals surface area contributed by atoms with Crippen LogP contribution >= 0.6 is 27.5 Å². The minimum absolute atomic E-state index is 0.295. The molecule has 1 aromatic rings. The van der Waals surface area contributed by atoms with Gasteiger partial charge in [0.15, 0.2) is 5.75 Å². The molecular weight excluding hydrogens is 382 g/mol. The molecule has 0 amide bonds. The normalized spacial score (nSPS) is 22.3. The van der Waals surface area contributed by atoms with Crippen molar-refractivity contribution in [2.24, 2.45) is 0 Å². The van der Waals surface area contributed by atoms with Crippen LogP contribution in [0.1, 0.15) is 19.4 Å². The van der Waals surface area contributed by atoms with Gasteiger partial charge in [-0.2, -0.15) is 0 Å². The summed E-state index contributed by atoms with van der Waals surface area (Å²) < 4.78 is 18.0. The van der Waals surface area contributed by atoms with Crippen molar-refractivity contribution in [2.75, 3.05) is 39.5 Å². The van der Waals surface area contributed by atoms with Gasteiger partial charge in [-0.3, -0.25) is 4.90 Å². The number of hydrogen-bond acceptors (Lipinski definition) is 4. The van der Waals surface area contributed by atoms with Crippen LogP contribution in [-0.4, -0.2) is 56.6 Å². The first-order valence-electron chi connectivity index (χ1n) is 7.99. The fourth-order valence-electron chi connectivity index (χ4n) is 2.79. The molecule has 0 aromatic heterocycles.